The molecule has 7 heteroatoms. The molecule has 6 rings (SSSR count). The smallest absolute Gasteiger partial charge is 0.270 e. The first-order valence-electron chi connectivity index (χ1n) is 13.7. The number of carbonyl (C=O) groups excluding carboxylic acids is 1. The molecule has 0 unspecified atom stereocenters. The number of hydrogen-bond donors (Lipinski definition) is 0. The Morgan fingerprint density at radius 2 is 1.67 bits per heavy atom. The third kappa shape index (κ3) is 5.45. The van der Waals surface area contributed by atoms with Gasteiger partial charge in [-0.05, 0) is 47.4 Å². The highest BCUT2D eigenvalue weighted by Crippen LogP contribution is 2.33. The summed E-state index contributed by atoms with van der Waals surface area (Å²) in [5, 5.41) is 0.985. The molecule has 0 atom stereocenters. The quantitative estimate of drug-likeness (QED) is 0.301. The van der Waals surface area contributed by atoms with Crippen molar-refractivity contribution in [2.24, 2.45) is 5.92 Å². The van der Waals surface area contributed by atoms with Crippen LogP contribution in [0, 0.1) is 5.92 Å². The van der Waals surface area contributed by atoms with Crippen molar-refractivity contribution in [3.8, 4) is 17.2 Å². The summed E-state index contributed by atoms with van der Waals surface area (Å²) in [6, 6.07) is 24.4. The summed E-state index contributed by atoms with van der Waals surface area (Å²) in [6.45, 7) is 9.80. The summed E-state index contributed by atoms with van der Waals surface area (Å²) >= 11 is 0. The standard InChI is InChI=1S/C32H35N3O4/c1-23(2)19-35-27-9-6-10-29(37-21-24-7-4-3-5-8-24)26(27)18-28(35)32(36)34-15-13-33(14-16-34)20-25-11-12-30-31(17-25)39-22-38-30/h3-12,17-18,23H,13-16,19-22H2,1-2H3. The molecule has 3 heterocycles. The number of benzene rings is 3. The number of nitrogens with zero attached hydrogens (tertiary/aromatic N) is 3. The second kappa shape index (κ2) is 11.0. The van der Waals surface area contributed by atoms with E-state index in [2.05, 4.69) is 53.6 Å². The number of fused-ring (bicyclic) bond motifs is 2. The van der Waals surface area contributed by atoms with E-state index >= 15 is 0 Å². The van der Waals surface area contributed by atoms with Crippen LogP contribution < -0.4 is 14.2 Å². The Balaban J connectivity index is 1.18. The Labute approximate surface area is 229 Å². The van der Waals surface area contributed by atoms with E-state index in [9.17, 15) is 4.79 Å². The maximum absolute atomic E-state index is 13.9. The Morgan fingerprint density at radius 3 is 2.46 bits per heavy atom. The fourth-order valence-electron chi connectivity index (χ4n) is 5.43. The maximum Gasteiger partial charge on any atom is 0.270 e. The Morgan fingerprint density at radius 1 is 0.872 bits per heavy atom. The normalized spacial score (nSPS) is 15.3. The van der Waals surface area contributed by atoms with Gasteiger partial charge in [-0.15, -0.1) is 0 Å². The predicted octanol–water partition coefficient (Wildman–Crippen LogP) is 5.56. The minimum absolute atomic E-state index is 0.0867. The predicted molar refractivity (Wildman–Crippen MR) is 151 cm³/mol. The molecule has 1 fully saturated rings. The van der Waals surface area contributed by atoms with E-state index in [1.54, 1.807) is 0 Å². The van der Waals surface area contributed by atoms with Gasteiger partial charge in [0, 0.05) is 44.7 Å². The van der Waals surface area contributed by atoms with Gasteiger partial charge in [-0.2, -0.15) is 0 Å². The van der Waals surface area contributed by atoms with Gasteiger partial charge in [-0.25, -0.2) is 0 Å². The van der Waals surface area contributed by atoms with Gasteiger partial charge in [0.25, 0.3) is 5.91 Å². The van der Waals surface area contributed by atoms with Crippen molar-refractivity contribution in [3.05, 3.63) is 89.6 Å². The van der Waals surface area contributed by atoms with Crippen LogP contribution in [-0.2, 0) is 19.7 Å². The molecule has 7 nitrogen and oxygen atoms in total. The first-order chi connectivity index (χ1) is 19.0. The Hall–Kier alpha value is -3.97. The SMILES string of the molecule is CC(C)Cn1c(C(=O)N2CCN(Cc3ccc4c(c3)OCO4)CC2)cc2c(OCc3ccccc3)cccc21. The summed E-state index contributed by atoms with van der Waals surface area (Å²) in [5.74, 6) is 2.91. The fourth-order valence-corrected chi connectivity index (χ4v) is 5.43. The molecule has 4 aromatic rings. The molecule has 202 valence electrons. The van der Waals surface area contributed by atoms with Gasteiger partial charge >= 0.3 is 0 Å². The van der Waals surface area contributed by atoms with Crippen LogP contribution in [0.15, 0.2) is 72.8 Å². The number of amides is 1. The van der Waals surface area contributed by atoms with E-state index in [1.807, 2.05) is 47.4 Å². The van der Waals surface area contributed by atoms with Crippen LogP contribution >= 0.6 is 0 Å². The monoisotopic (exact) mass is 525 g/mol. The third-order valence-electron chi connectivity index (χ3n) is 7.41. The lowest BCUT2D eigenvalue weighted by atomic mass is 10.1. The van der Waals surface area contributed by atoms with E-state index in [4.69, 9.17) is 14.2 Å². The average Bonchev–Trinajstić information content (AvgIpc) is 3.57. The van der Waals surface area contributed by atoms with Crippen LogP contribution in [0.4, 0.5) is 0 Å². The van der Waals surface area contributed by atoms with E-state index in [0.29, 0.717) is 25.6 Å². The van der Waals surface area contributed by atoms with Gasteiger partial charge in [0.1, 0.15) is 18.1 Å². The van der Waals surface area contributed by atoms with E-state index in [1.165, 1.54) is 5.56 Å². The fraction of sp³-hybridized carbons (Fsp3) is 0.344. The van der Waals surface area contributed by atoms with Crippen LogP contribution in [-0.4, -0.2) is 53.2 Å². The van der Waals surface area contributed by atoms with E-state index in [0.717, 1.165) is 65.6 Å². The zero-order chi connectivity index (χ0) is 26.8. The molecule has 1 amide bonds. The van der Waals surface area contributed by atoms with Gasteiger partial charge in [0.15, 0.2) is 11.5 Å². The van der Waals surface area contributed by atoms with Crippen LogP contribution in [0.25, 0.3) is 10.9 Å². The number of carbonyl (C=O) groups is 1. The van der Waals surface area contributed by atoms with Gasteiger partial charge < -0.3 is 23.7 Å². The molecular formula is C32H35N3O4. The molecule has 0 N–H and O–H groups in total. The molecule has 2 aliphatic heterocycles. The van der Waals surface area contributed by atoms with Crippen molar-refractivity contribution in [2.75, 3.05) is 33.0 Å². The van der Waals surface area contributed by atoms with Crippen molar-refractivity contribution >= 4 is 16.8 Å². The average molecular weight is 526 g/mol. The number of piperazine rings is 1. The first-order valence-corrected chi connectivity index (χ1v) is 13.7. The second-order valence-electron chi connectivity index (χ2n) is 10.8. The van der Waals surface area contributed by atoms with Crippen molar-refractivity contribution in [2.45, 2.75) is 33.5 Å². The number of ether oxygens (including phenoxy) is 3. The molecule has 0 saturated carbocycles. The van der Waals surface area contributed by atoms with Crippen molar-refractivity contribution in [1.82, 2.24) is 14.4 Å². The molecule has 0 spiro atoms. The van der Waals surface area contributed by atoms with Gasteiger partial charge in [0.2, 0.25) is 6.79 Å². The number of rotatable bonds is 8. The molecule has 0 radical (unpaired) electrons. The highest BCUT2D eigenvalue weighted by Gasteiger charge is 2.27. The van der Waals surface area contributed by atoms with Gasteiger partial charge in [-0.1, -0.05) is 56.3 Å². The number of hydrogen-bond acceptors (Lipinski definition) is 5. The lowest BCUT2D eigenvalue weighted by Crippen LogP contribution is -2.48. The van der Waals surface area contributed by atoms with Crippen LogP contribution in [0.5, 0.6) is 17.2 Å². The van der Waals surface area contributed by atoms with Crippen molar-refractivity contribution in [1.29, 1.82) is 0 Å². The molecule has 0 aliphatic carbocycles. The second-order valence-corrected chi connectivity index (χ2v) is 10.8. The van der Waals surface area contributed by atoms with Crippen LogP contribution in [0.2, 0.25) is 0 Å². The molecule has 1 aromatic heterocycles. The van der Waals surface area contributed by atoms with E-state index in [-0.39, 0.29) is 12.7 Å². The highest BCUT2D eigenvalue weighted by molar-refractivity contribution is 6.00. The first kappa shape index (κ1) is 25.3. The topological polar surface area (TPSA) is 56.2 Å². The molecule has 1 saturated heterocycles. The zero-order valence-corrected chi connectivity index (χ0v) is 22.6. The molecule has 0 bridgehead atoms. The van der Waals surface area contributed by atoms with Crippen molar-refractivity contribution in [3.63, 3.8) is 0 Å². The van der Waals surface area contributed by atoms with Gasteiger partial charge in [-0.3, -0.25) is 9.69 Å². The largest absolute Gasteiger partial charge is 0.488 e. The van der Waals surface area contributed by atoms with Gasteiger partial charge in [0.05, 0.1) is 5.52 Å². The number of aromatic nitrogens is 1. The minimum Gasteiger partial charge on any atom is -0.488 e. The third-order valence-corrected chi connectivity index (χ3v) is 7.41. The molecule has 3 aromatic carbocycles. The summed E-state index contributed by atoms with van der Waals surface area (Å²) in [7, 11) is 0. The molecular weight excluding hydrogens is 490 g/mol. The maximum atomic E-state index is 13.9. The zero-order valence-electron chi connectivity index (χ0n) is 22.6. The van der Waals surface area contributed by atoms with Crippen LogP contribution in [0.1, 0.15) is 35.5 Å². The molecule has 39 heavy (non-hydrogen) atoms. The summed E-state index contributed by atoms with van der Waals surface area (Å²) in [5.41, 5.74) is 4.09. The highest BCUT2D eigenvalue weighted by atomic mass is 16.7. The summed E-state index contributed by atoms with van der Waals surface area (Å²) in [4.78, 5) is 18.3. The Kier molecular flexibility index (Phi) is 7.16. The lowest BCUT2D eigenvalue weighted by Gasteiger charge is -2.35. The van der Waals surface area contributed by atoms with Crippen molar-refractivity contribution < 1.29 is 19.0 Å². The molecule has 2 aliphatic rings. The summed E-state index contributed by atoms with van der Waals surface area (Å²) in [6.07, 6.45) is 0. The van der Waals surface area contributed by atoms with Crippen LogP contribution in [0.3, 0.4) is 0 Å². The lowest BCUT2D eigenvalue weighted by molar-refractivity contribution is 0.0617. The summed E-state index contributed by atoms with van der Waals surface area (Å²) < 4.78 is 19.4. The Bertz CT molecular complexity index is 1460. The van der Waals surface area contributed by atoms with E-state index < -0.39 is 0 Å². The minimum atomic E-state index is 0.0867.